The zero-order valence-electron chi connectivity index (χ0n) is 16.6. The zero-order valence-corrected chi connectivity index (χ0v) is 16.6. The molecule has 0 aliphatic heterocycles. The molecule has 0 saturated heterocycles. The molecule has 0 bridgehead atoms. The number of hydrogen-bond acceptors (Lipinski definition) is 4. The summed E-state index contributed by atoms with van der Waals surface area (Å²) < 4.78 is 10.2. The summed E-state index contributed by atoms with van der Waals surface area (Å²) in [4.78, 5) is 25.9. The van der Waals surface area contributed by atoms with Crippen molar-refractivity contribution in [1.29, 1.82) is 0 Å². The van der Waals surface area contributed by atoms with Gasteiger partial charge in [-0.15, -0.1) is 0 Å². The summed E-state index contributed by atoms with van der Waals surface area (Å²) in [6.45, 7) is 0. The van der Waals surface area contributed by atoms with Crippen LogP contribution in [0, 0.1) is 0 Å². The van der Waals surface area contributed by atoms with Crippen LogP contribution in [0.15, 0.2) is 72.8 Å². The van der Waals surface area contributed by atoms with Crippen LogP contribution in [0.2, 0.25) is 0 Å². The second-order valence-electron chi connectivity index (χ2n) is 7.15. The number of fused-ring (bicyclic) bond motifs is 7. The lowest BCUT2D eigenvalue weighted by atomic mass is 9.86. The number of benzene rings is 5. The number of esters is 2. The first-order valence-electron chi connectivity index (χ1n) is 9.61. The van der Waals surface area contributed by atoms with Gasteiger partial charge in [-0.2, -0.15) is 0 Å². The van der Waals surface area contributed by atoms with Crippen molar-refractivity contribution in [3.8, 4) is 0 Å². The van der Waals surface area contributed by atoms with E-state index in [2.05, 4.69) is 0 Å². The van der Waals surface area contributed by atoms with Crippen LogP contribution in [0.25, 0.3) is 43.1 Å². The van der Waals surface area contributed by atoms with E-state index in [1.165, 1.54) is 14.2 Å². The molecule has 0 saturated carbocycles. The van der Waals surface area contributed by atoms with E-state index in [0.29, 0.717) is 10.8 Å². The van der Waals surface area contributed by atoms with Gasteiger partial charge in [-0.05, 0) is 37.7 Å². The van der Waals surface area contributed by atoms with Gasteiger partial charge in [-0.1, -0.05) is 72.8 Å². The molecule has 0 aromatic heterocycles. The van der Waals surface area contributed by atoms with Crippen molar-refractivity contribution in [1.82, 2.24) is 0 Å². The first-order chi connectivity index (χ1) is 14.7. The summed E-state index contributed by atoms with van der Waals surface area (Å²) in [6.07, 6.45) is 0. The number of rotatable bonds is 2. The van der Waals surface area contributed by atoms with E-state index in [4.69, 9.17) is 9.47 Å². The maximum Gasteiger partial charge on any atom is 0.339 e. The standard InChI is InChI=1S/C26H18O4/c1-29-25(27)23-20-14-12-15-7-3-5-9-17(15)21(20)19-13-11-16-8-4-6-10-18(16)22(19)24(23)26(28)30-2/h3-14H,1-2H3. The van der Waals surface area contributed by atoms with Gasteiger partial charge in [0.1, 0.15) is 0 Å². The topological polar surface area (TPSA) is 52.6 Å². The van der Waals surface area contributed by atoms with Crippen molar-refractivity contribution in [2.24, 2.45) is 0 Å². The number of carbonyl (C=O) groups excluding carboxylic acids is 2. The molecule has 0 radical (unpaired) electrons. The van der Waals surface area contributed by atoms with Crippen molar-refractivity contribution in [3.05, 3.63) is 83.9 Å². The van der Waals surface area contributed by atoms with Crippen LogP contribution < -0.4 is 0 Å². The monoisotopic (exact) mass is 394 g/mol. The molecule has 0 spiro atoms. The Balaban J connectivity index is 2.19. The Bertz CT molecular complexity index is 1500. The third-order valence-electron chi connectivity index (χ3n) is 5.68. The second-order valence-corrected chi connectivity index (χ2v) is 7.15. The fraction of sp³-hybridized carbons (Fsp3) is 0.0769. The number of methoxy groups -OCH3 is 2. The smallest absolute Gasteiger partial charge is 0.339 e. The van der Waals surface area contributed by atoms with Gasteiger partial charge in [-0.3, -0.25) is 0 Å². The molecule has 0 atom stereocenters. The largest absolute Gasteiger partial charge is 0.465 e. The van der Waals surface area contributed by atoms with Gasteiger partial charge in [-0.25, -0.2) is 9.59 Å². The lowest BCUT2D eigenvalue weighted by Gasteiger charge is -2.18. The highest BCUT2D eigenvalue weighted by Gasteiger charge is 2.27. The molecule has 0 heterocycles. The Labute approximate surface area is 172 Å². The van der Waals surface area contributed by atoms with Crippen LogP contribution in [-0.4, -0.2) is 26.2 Å². The van der Waals surface area contributed by atoms with E-state index in [9.17, 15) is 9.59 Å². The van der Waals surface area contributed by atoms with Crippen molar-refractivity contribution in [2.75, 3.05) is 14.2 Å². The summed E-state index contributed by atoms with van der Waals surface area (Å²) in [5.74, 6) is -1.13. The average molecular weight is 394 g/mol. The molecular formula is C26H18O4. The predicted molar refractivity (Wildman–Crippen MR) is 119 cm³/mol. The molecule has 0 aliphatic rings. The quantitative estimate of drug-likeness (QED) is 0.277. The molecule has 146 valence electrons. The molecule has 0 unspecified atom stereocenters. The minimum atomic E-state index is -0.564. The van der Waals surface area contributed by atoms with Crippen molar-refractivity contribution >= 4 is 55.0 Å². The summed E-state index contributed by atoms with van der Waals surface area (Å²) >= 11 is 0. The SMILES string of the molecule is COC(=O)c1c(C(=O)OC)c2c3ccccc3ccc2c2c1ccc1ccccc12. The molecule has 5 aromatic rings. The maximum atomic E-state index is 13.0. The summed E-state index contributed by atoms with van der Waals surface area (Å²) in [5.41, 5.74) is 0.466. The van der Waals surface area contributed by atoms with Crippen LogP contribution in [0.3, 0.4) is 0 Å². The maximum absolute atomic E-state index is 13.0. The average Bonchev–Trinajstić information content (AvgIpc) is 2.81. The molecule has 30 heavy (non-hydrogen) atoms. The third-order valence-corrected chi connectivity index (χ3v) is 5.68. The van der Waals surface area contributed by atoms with Crippen molar-refractivity contribution < 1.29 is 19.1 Å². The Morgan fingerprint density at radius 1 is 0.533 bits per heavy atom. The zero-order chi connectivity index (χ0) is 20.8. The van der Waals surface area contributed by atoms with Gasteiger partial charge in [0.05, 0.1) is 25.3 Å². The van der Waals surface area contributed by atoms with Gasteiger partial charge < -0.3 is 9.47 Å². The van der Waals surface area contributed by atoms with Gasteiger partial charge in [0.15, 0.2) is 0 Å². The minimum Gasteiger partial charge on any atom is -0.465 e. The molecule has 0 N–H and O–H groups in total. The Kier molecular flexibility index (Phi) is 4.14. The van der Waals surface area contributed by atoms with Crippen molar-refractivity contribution in [2.45, 2.75) is 0 Å². The Morgan fingerprint density at radius 2 is 1.03 bits per heavy atom. The molecule has 4 nitrogen and oxygen atoms in total. The van der Waals surface area contributed by atoms with Gasteiger partial charge in [0.2, 0.25) is 0 Å². The number of ether oxygens (including phenoxy) is 2. The summed E-state index contributed by atoms with van der Waals surface area (Å²) in [7, 11) is 2.65. The minimum absolute atomic E-state index is 0.231. The molecule has 0 aliphatic carbocycles. The highest BCUT2D eigenvalue weighted by atomic mass is 16.5. The number of carbonyl (C=O) groups is 2. The van der Waals surface area contributed by atoms with E-state index >= 15 is 0 Å². The third kappa shape index (κ3) is 2.47. The predicted octanol–water partition coefficient (Wildman–Crippen LogP) is 5.87. The van der Waals surface area contributed by atoms with E-state index in [0.717, 1.165) is 32.3 Å². The molecule has 0 fully saturated rings. The van der Waals surface area contributed by atoms with E-state index < -0.39 is 11.9 Å². The van der Waals surface area contributed by atoms with Gasteiger partial charge in [0, 0.05) is 5.39 Å². The van der Waals surface area contributed by atoms with Crippen molar-refractivity contribution in [3.63, 3.8) is 0 Å². The number of hydrogen-bond donors (Lipinski definition) is 0. The summed E-state index contributed by atoms with van der Waals surface area (Å²) in [5, 5.41) is 7.11. The molecular weight excluding hydrogens is 376 g/mol. The van der Waals surface area contributed by atoms with Crippen LogP contribution in [-0.2, 0) is 9.47 Å². The molecule has 4 heteroatoms. The van der Waals surface area contributed by atoms with Crippen LogP contribution in [0.5, 0.6) is 0 Å². The highest BCUT2D eigenvalue weighted by molar-refractivity contribution is 6.33. The first kappa shape index (κ1) is 18.1. The van der Waals surface area contributed by atoms with Crippen LogP contribution in [0.1, 0.15) is 20.7 Å². The fourth-order valence-electron chi connectivity index (χ4n) is 4.40. The first-order valence-corrected chi connectivity index (χ1v) is 9.61. The summed E-state index contributed by atoms with van der Waals surface area (Å²) in [6, 6.07) is 23.7. The molecule has 0 amide bonds. The van der Waals surface area contributed by atoms with Gasteiger partial charge >= 0.3 is 11.9 Å². The Hall–Kier alpha value is -3.92. The van der Waals surface area contributed by atoms with E-state index in [1.807, 2.05) is 72.8 Å². The van der Waals surface area contributed by atoms with Crippen LogP contribution >= 0.6 is 0 Å². The van der Waals surface area contributed by atoms with E-state index in [1.54, 1.807) is 0 Å². The van der Waals surface area contributed by atoms with Crippen LogP contribution in [0.4, 0.5) is 0 Å². The molecule has 5 rings (SSSR count). The lowest BCUT2D eigenvalue weighted by molar-refractivity contribution is 0.0559. The second kappa shape index (κ2) is 6.85. The van der Waals surface area contributed by atoms with Gasteiger partial charge in [0.25, 0.3) is 0 Å². The van der Waals surface area contributed by atoms with E-state index in [-0.39, 0.29) is 11.1 Å². The fourth-order valence-corrected chi connectivity index (χ4v) is 4.40. The lowest BCUT2D eigenvalue weighted by Crippen LogP contribution is -2.14. The normalized spacial score (nSPS) is 11.3. The molecule has 5 aromatic carbocycles. The highest BCUT2D eigenvalue weighted by Crippen LogP contribution is 2.40. The Morgan fingerprint density at radius 3 is 1.63 bits per heavy atom.